The molecule has 0 radical (unpaired) electrons. The summed E-state index contributed by atoms with van der Waals surface area (Å²) in [5, 5.41) is 21.1. The zero-order valence-corrected chi connectivity index (χ0v) is 25.0. The Bertz CT molecular complexity index is 1360. The molecule has 0 spiro atoms. The molecule has 0 aliphatic carbocycles. The van der Waals surface area contributed by atoms with Gasteiger partial charge in [-0.15, -0.1) is 0 Å². The highest BCUT2D eigenvalue weighted by atomic mass is 16.7. The molecular formula is C35H42N2O7. The maximum Gasteiger partial charge on any atom is 0.303 e. The Morgan fingerprint density at radius 2 is 1.57 bits per heavy atom. The average Bonchev–Trinajstić information content (AvgIpc) is 3.06. The van der Waals surface area contributed by atoms with E-state index in [2.05, 4.69) is 40.5 Å². The lowest BCUT2D eigenvalue weighted by atomic mass is 9.99. The maximum absolute atomic E-state index is 12.2. The molecule has 2 heterocycles. The van der Waals surface area contributed by atoms with Crippen molar-refractivity contribution in [3.05, 3.63) is 95.1 Å². The number of unbranched alkanes of at least 4 members (excludes halogenated alkanes) is 1. The molecule has 3 unspecified atom stereocenters. The van der Waals surface area contributed by atoms with E-state index < -0.39 is 12.3 Å². The number of benzene rings is 3. The molecule has 9 heteroatoms. The van der Waals surface area contributed by atoms with Gasteiger partial charge in [0.05, 0.1) is 32.0 Å². The van der Waals surface area contributed by atoms with Gasteiger partial charge < -0.3 is 29.7 Å². The number of aliphatic hydroxyl groups is 1. The first kappa shape index (κ1) is 31.8. The van der Waals surface area contributed by atoms with Gasteiger partial charge in [0.15, 0.2) is 6.29 Å². The van der Waals surface area contributed by atoms with Crippen molar-refractivity contribution in [1.29, 1.82) is 0 Å². The lowest BCUT2D eigenvalue weighted by Gasteiger charge is -2.39. The first-order valence-electron chi connectivity index (χ1n) is 15.5. The molecule has 1 amide bonds. The molecule has 2 fully saturated rings. The minimum atomic E-state index is -0.837. The Balaban J connectivity index is 1.23. The summed E-state index contributed by atoms with van der Waals surface area (Å²) in [6.45, 7) is 4.51. The monoisotopic (exact) mass is 602 g/mol. The number of morpholine rings is 1. The van der Waals surface area contributed by atoms with Crippen molar-refractivity contribution in [3.8, 4) is 11.1 Å². The number of hydrogen-bond donors (Lipinski definition) is 3. The highest BCUT2D eigenvalue weighted by Gasteiger charge is 2.33. The predicted molar refractivity (Wildman–Crippen MR) is 166 cm³/mol. The maximum atomic E-state index is 12.2. The van der Waals surface area contributed by atoms with E-state index in [1.807, 2.05) is 42.5 Å². The Morgan fingerprint density at radius 1 is 0.841 bits per heavy atom. The van der Waals surface area contributed by atoms with Crippen LogP contribution in [0, 0.1) is 0 Å². The van der Waals surface area contributed by atoms with Crippen LogP contribution in [0.3, 0.4) is 0 Å². The van der Waals surface area contributed by atoms with Crippen molar-refractivity contribution in [3.63, 3.8) is 0 Å². The van der Waals surface area contributed by atoms with E-state index in [1.165, 1.54) is 0 Å². The van der Waals surface area contributed by atoms with E-state index in [0.717, 1.165) is 72.6 Å². The van der Waals surface area contributed by atoms with Gasteiger partial charge in [0.25, 0.3) is 0 Å². The fourth-order valence-corrected chi connectivity index (χ4v) is 5.65. The summed E-state index contributed by atoms with van der Waals surface area (Å²) >= 11 is 0. The van der Waals surface area contributed by atoms with Crippen LogP contribution in [0.4, 0.5) is 0 Å². The number of nitrogens with zero attached hydrogens (tertiary/aromatic N) is 1. The fourth-order valence-electron chi connectivity index (χ4n) is 5.65. The number of amides is 1. The van der Waals surface area contributed by atoms with Crippen LogP contribution in [0.1, 0.15) is 66.8 Å². The predicted octanol–water partition coefficient (Wildman–Crippen LogP) is 4.98. The lowest BCUT2D eigenvalue weighted by molar-refractivity contribution is -0.253. The van der Waals surface area contributed by atoms with Crippen molar-refractivity contribution in [2.75, 3.05) is 32.8 Å². The number of aliphatic hydroxyl groups excluding tert-OH is 1. The van der Waals surface area contributed by atoms with Crippen LogP contribution in [0.25, 0.3) is 11.1 Å². The van der Waals surface area contributed by atoms with Crippen molar-refractivity contribution < 1.29 is 34.0 Å². The van der Waals surface area contributed by atoms with E-state index in [4.69, 9.17) is 19.3 Å². The van der Waals surface area contributed by atoms with E-state index in [9.17, 15) is 14.7 Å². The second-order valence-corrected chi connectivity index (χ2v) is 11.5. The van der Waals surface area contributed by atoms with Gasteiger partial charge in [-0.1, -0.05) is 66.7 Å². The second-order valence-electron chi connectivity index (χ2n) is 11.5. The molecule has 0 saturated carbocycles. The standard InChI is InChI=1S/C35H42N2O7/c38-24-25-8-10-28(11-9-25)32-21-31(23-37-16-18-42-19-17-37)43-35(44-32)29-14-12-27(13-15-29)30-5-3-4-26(20-30)22-36-33(39)6-1-2-7-34(40)41/h3-5,8-15,20,31-32,35,38H,1-2,6-7,16-19,21-24H2,(H,36,39)(H,40,41). The molecule has 2 saturated heterocycles. The summed E-state index contributed by atoms with van der Waals surface area (Å²) < 4.78 is 18.6. The summed E-state index contributed by atoms with van der Waals surface area (Å²) in [6.07, 6.45) is 1.57. The van der Waals surface area contributed by atoms with Gasteiger partial charge in [0, 0.05) is 51.0 Å². The lowest BCUT2D eigenvalue weighted by Crippen LogP contribution is -2.44. The molecule has 0 bridgehead atoms. The largest absolute Gasteiger partial charge is 0.481 e. The number of aliphatic carboxylic acids is 1. The Hall–Kier alpha value is -3.60. The average molecular weight is 603 g/mol. The van der Waals surface area contributed by atoms with Crippen molar-refractivity contribution >= 4 is 11.9 Å². The quantitative estimate of drug-likeness (QED) is 0.235. The summed E-state index contributed by atoms with van der Waals surface area (Å²) in [5.41, 5.74) is 5.98. The van der Waals surface area contributed by atoms with Gasteiger partial charge in [-0.25, -0.2) is 0 Å². The molecule has 2 aliphatic heterocycles. The molecule has 234 valence electrons. The molecule has 9 nitrogen and oxygen atoms in total. The first-order valence-corrected chi connectivity index (χ1v) is 15.5. The Morgan fingerprint density at radius 3 is 2.30 bits per heavy atom. The molecule has 3 aromatic rings. The highest BCUT2D eigenvalue weighted by Crippen LogP contribution is 2.38. The van der Waals surface area contributed by atoms with E-state index in [0.29, 0.717) is 25.8 Å². The van der Waals surface area contributed by atoms with Gasteiger partial charge in [0.1, 0.15) is 0 Å². The Labute approximate surface area is 258 Å². The molecule has 3 N–H and O–H groups in total. The first-order chi connectivity index (χ1) is 21.5. The summed E-state index contributed by atoms with van der Waals surface area (Å²) in [5.74, 6) is -0.913. The number of carbonyl (C=O) groups is 2. The summed E-state index contributed by atoms with van der Waals surface area (Å²) in [4.78, 5) is 25.2. The summed E-state index contributed by atoms with van der Waals surface area (Å²) in [7, 11) is 0. The van der Waals surface area contributed by atoms with Crippen molar-refractivity contribution in [1.82, 2.24) is 10.2 Å². The van der Waals surface area contributed by atoms with Crippen molar-refractivity contribution in [2.45, 2.75) is 63.8 Å². The van der Waals surface area contributed by atoms with Crippen LogP contribution in [-0.2, 0) is 37.0 Å². The molecule has 3 atom stereocenters. The number of carboxylic acids is 1. The van der Waals surface area contributed by atoms with Crippen LogP contribution < -0.4 is 5.32 Å². The van der Waals surface area contributed by atoms with Crippen LogP contribution in [0.5, 0.6) is 0 Å². The highest BCUT2D eigenvalue weighted by molar-refractivity contribution is 5.76. The molecule has 5 rings (SSSR count). The van der Waals surface area contributed by atoms with Crippen LogP contribution in [-0.4, -0.2) is 65.9 Å². The zero-order chi connectivity index (χ0) is 30.7. The van der Waals surface area contributed by atoms with Gasteiger partial charge in [-0.2, -0.15) is 0 Å². The van der Waals surface area contributed by atoms with E-state index in [-0.39, 0.29) is 31.1 Å². The normalized spacial score (nSPS) is 20.7. The smallest absolute Gasteiger partial charge is 0.303 e. The Kier molecular flexibility index (Phi) is 11.5. The van der Waals surface area contributed by atoms with Gasteiger partial charge in [-0.05, 0) is 46.7 Å². The minimum Gasteiger partial charge on any atom is -0.481 e. The number of rotatable bonds is 13. The third-order valence-corrected chi connectivity index (χ3v) is 8.16. The SMILES string of the molecule is O=C(O)CCCCC(=O)NCc1cccc(-c2ccc(C3OC(CN4CCOCC4)CC(c4ccc(CO)cc4)O3)cc2)c1. The third kappa shape index (κ3) is 9.20. The van der Waals surface area contributed by atoms with E-state index in [1.54, 1.807) is 0 Å². The number of ether oxygens (including phenoxy) is 3. The van der Waals surface area contributed by atoms with Gasteiger partial charge >= 0.3 is 5.97 Å². The molecular weight excluding hydrogens is 560 g/mol. The number of nitrogens with one attached hydrogen (secondary N) is 1. The molecule has 44 heavy (non-hydrogen) atoms. The zero-order valence-electron chi connectivity index (χ0n) is 25.0. The molecule has 0 aromatic heterocycles. The minimum absolute atomic E-state index is 0.00175. The number of carboxylic acid groups (broad SMARTS) is 1. The van der Waals surface area contributed by atoms with Gasteiger partial charge in [-0.3, -0.25) is 14.5 Å². The topological polar surface area (TPSA) is 118 Å². The van der Waals surface area contributed by atoms with Crippen LogP contribution in [0.15, 0.2) is 72.8 Å². The fraction of sp³-hybridized carbons (Fsp3) is 0.429. The van der Waals surface area contributed by atoms with Crippen LogP contribution in [0.2, 0.25) is 0 Å². The molecule has 3 aromatic carbocycles. The van der Waals surface area contributed by atoms with Crippen LogP contribution >= 0.6 is 0 Å². The summed E-state index contributed by atoms with van der Waals surface area (Å²) in [6, 6.07) is 24.3. The molecule has 2 aliphatic rings. The number of carbonyl (C=O) groups excluding carboxylic acids is 1. The van der Waals surface area contributed by atoms with E-state index >= 15 is 0 Å². The van der Waals surface area contributed by atoms with Gasteiger partial charge in [0.2, 0.25) is 5.91 Å². The number of hydrogen-bond acceptors (Lipinski definition) is 7. The van der Waals surface area contributed by atoms with Crippen molar-refractivity contribution in [2.24, 2.45) is 0 Å². The third-order valence-electron chi connectivity index (χ3n) is 8.16. The second kappa shape index (κ2) is 15.9.